The first-order valence-corrected chi connectivity index (χ1v) is 20.9. The number of rotatable bonds is 3. The van der Waals surface area contributed by atoms with E-state index in [1.54, 1.807) is 0 Å². The lowest BCUT2D eigenvalue weighted by atomic mass is 9.60. The van der Waals surface area contributed by atoms with Crippen molar-refractivity contribution in [3.63, 3.8) is 0 Å². The third-order valence-corrected chi connectivity index (χ3v) is 12.6. The molecule has 1 aliphatic heterocycles. The van der Waals surface area contributed by atoms with Gasteiger partial charge < -0.3 is 13.9 Å². The average molecular weight is 764 g/mol. The van der Waals surface area contributed by atoms with E-state index < -0.39 is 5.41 Å². The van der Waals surface area contributed by atoms with Crippen molar-refractivity contribution in [3.05, 3.63) is 160 Å². The monoisotopic (exact) mass is 763 g/mol. The predicted octanol–water partition coefficient (Wildman–Crippen LogP) is 13.0. The topological polar surface area (TPSA) is 30.9 Å². The maximum Gasteiger partial charge on any atom is 0.244 e. The van der Waals surface area contributed by atoms with Gasteiger partial charge in [0.05, 0.1) is 34.9 Å². The van der Waals surface area contributed by atoms with E-state index in [1.165, 1.54) is 61.2 Å². The fraction of sp³-hybridized carbons (Fsp3) is 0.333. The van der Waals surface area contributed by atoms with E-state index in [4.69, 9.17) is 4.74 Å². The molecule has 3 heterocycles. The van der Waals surface area contributed by atoms with Crippen LogP contribution in [0.25, 0.3) is 39.1 Å². The summed E-state index contributed by atoms with van der Waals surface area (Å²) in [5.74, 6) is 1.55. The summed E-state index contributed by atoms with van der Waals surface area (Å²) in [5, 5.41) is 0. The fourth-order valence-corrected chi connectivity index (χ4v) is 9.61. The van der Waals surface area contributed by atoms with Crippen LogP contribution in [0.2, 0.25) is 0 Å². The molecule has 0 N–H and O–H groups in total. The SMILES string of the molecule is C[n+]1[c-]n2c3c(cccc31)C1(c3ccc(Oc4cccc(-c5ccccn5)c4)cc3-2)c2c(cc(C(C)(C)C)cc2C(C)(C)C)-c2cc(C(C)(C)C)cc(C(C)(C)C)c21. The van der Waals surface area contributed by atoms with Crippen molar-refractivity contribution in [2.45, 2.75) is 110 Å². The first kappa shape index (κ1) is 38.1. The van der Waals surface area contributed by atoms with Gasteiger partial charge in [0, 0.05) is 11.8 Å². The summed E-state index contributed by atoms with van der Waals surface area (Å²) >= 11 is 0. The Kier molecular flexibility index (Phi) is 8.21. The van der Waals surface area contributed by atoms with Gasteiger partial charge in [-0.3, -0.25) is 4.98 Å². The molecule has 4 heteroatoms. The van der Waals surface area contributed by atoms with Crippen molar-refractivity contribution < 1.29 is 9.30 Å². The molecule has 2 aliphatic rings. The van der Waals surface area contributed by atoms with Crippen LogP contribution in [0.15, 0.2) is 109 Å². The van der Waals surface area contributed by atoms with Gasteiger partial charge in [-0.15, -0.1) is 0 Å². The number of hydrogen-bond acceptors (Lipinski definition) is 2. The highest BCUT2D eigenvalue weighted by Gasteiger charge is 2.54. The van der Waals surface area contributed by atoms with Gasteiger partial charge >= 0.3 is 0 Å². The van der Waals surface area contributed by atoms with Crippen LogP contribution >= 0.6 is 0 Å². The number of aromatic nitrogens is 3. The lowest BCUT2D eigenvalue weighted by molar-refractivity contribution is -0.649. The second-order valence-corrected chi connectivity index (χ2v) is 20.8. The zero-order valence-corrected chi connectivity index (χ0v) is 36.6. The Morgan fingerprint density at radius 1 is 0.586 bits per heavy atom. The van der Waals surface area contributed by atoms with Crippen LogP contribution in [0.4, 0.5) is 0 Å². The van der Waals surface area contributed by atoms with Crippen molar-refractivity contribution in [3.8, 4) is 39.6 Å². The summed E-state index contributed by atoms with van der Waals surface area (Å²) in [7, 11) is 2.12. The van der Waals surface area contributed by atoms with Crippen LogP contribution in [0.5, 0.6) is 11.5 Å². The van der Waals surface area contributed by atoms with Crippen molar-refractivity contribution in [1.29, 1.82) is 0 Å². The van der Waals surface area contributed by atoms with E-state index >= 15 is 0 Å². The Bertz CT molecular complexity index is 2710. The Morgan fingerprint density at radius 2 is 1.19 bits per heavy atom. The van der Waals surface area contributed by atoms with Crippen molar-refractivity contribution in [2.24, 2.45) is 7.05 Å². The molecule has 0 fully saturated rings. The van der Waals surface area contributed by atoms with Gasteiger partial charge in [0.1, 0.15) is 11.5 Å². The normalized spacial score (nSPS) is 14.4. The van der Waals surface area contributed by atoms with Crippen LogP contribution in [0.3, 0.4) is 0 Å². The first-order chi connectivity index (χ1) is 27.2. The fourth-order valence-electron chi connectivity index (χ4n) is 9.61. The van der Waals surface area contributed by atoms with Crippen molar-refractivity contribution in [2.75, 3.05) is 0 Å². The molecule has 0 atom stereocenters. The van der Waals surface area contributed by atoms with Crippen molar-refractivity contribution >= 4 is 11.0 Å². The molecule has 0 bridgehead atoms. The zero-order valence-electron chi connectivity index (χ0n) is 36.6. The molecule has 1 spiro atoms. The average Bonchev–Trinajstić information content (AvgIpc) is 3.65. The molecule has 7 aromatic rings. The molecule has 1 aliphatic carbocycles. The third-order valence-electron chi connectivity index (χ3n) is 12.6. The lowest BCUT2D eigenvalue weighted by Crippen LogP contribution is -2.38. The highest BCUT2D eigenvalue weighted by atomic mass is 16.5. The predicted molar refractivity (Wildman–Crippen MR) is 239 cm³/mol. The quantitative estimate of drug-likeness (QED) is 0.133. The van der Waals surface area contributed by atoms with E-state index in [1.807, 2.05) is 36.5 Å². The Hall–Kier alpha value is -5.48. The minimum Gasteiger partial charge on any atom is -0.458 e. The number of pyridine rings is 1. The number of nitrogens with zero attached hydrogens (tertiary/aromatic N) is 3. The number of fused-ring (bicyclic) bond motifs is 9. The van der Waals surface area contributed by atoms with Gasteiger partial charge in [-0.1, -0.05) is 150 Å². The standard InChI is InChI=1S/C54H57N3O/c1-50(2,3)34-27-38-39-28-35(51(4,5)6)30-43(53(10,11)12)48(39)54(47(38)42(29-34)52(7,8)9)40-24-23-37(58-36-19-16-18-33(26-36)44-21-14-15-25-55-44)31-46(40)57-32-56(13)45-22-17-20-41(54)49(45)57/h14-31H,1-13H3. The molecule has 58 heavy (non-hydrogen) atoms. The molecule has 0 radical (unpaired) electrons. The molecule has 9 rings (SSSR count). The van der Waals surface area contributed by atoms with Gasteiger partial charge in [-0.25, -0.2) is 0 Å². The summed E-state index contributed by atoms with van der Waals surface area (Å²) in [6.07, 6.45) is 5.57. The Morgan fingerprint density at radius 3 is 1.76 bits per heavy atom. The van der Waals surface area contributed by atoms with Crippen LogP contribution in [0, 0.1) is 6.33 Å². The lowest BCUT2D eigenvalue weighted by Gasteiger charge is -2.45. The molecule has 5 aromatic carbocycles. The van der Waals surface area contributed by atoms with Gasteiger partial charge in [0.25, 0.3) is 0 Å². The molecule has 294 valence electrons. The maximum absolute atomic E-state index is 6.79. The molecule has 2 aromatic heterocycles. The molecule has 0 saturated heterocycles. The summed E-state index contributed by atoms with van der Waals surface area (Å²) in [6, 6.07) is 38.1. The van der Waals surface area contributed by atoms with E-state index in [-0.39, 0.29) is 21.7 Å². The number of aryl methyl sites for hydroxylation is 1. The Balaban J connectivity index is 1.43. The van der Waals surface area contributed by atoms with Crippen LogP contribution in [0.1, 0.15) is 128 Å². The number of benzene rings is 5. The first-order valence-electron chi connectivity index (χ1n) is 20.9. The summed E-state index contributed by atoms with van der Waals surface area (Å²) in [5.41, 5.74) is 17.9. The highest BCUT2D eigenvalue weighted by Crippen LogP contribution is 2.64. The van der Waals surface area contributed by atoms with E-state index in [9.17, 15) is 0 Å². The van der Waals surface area contributed by atoms with Crippen LogP contribution in [-0.4, -0.2) is 9.55 Å². The maximum atomic E-state index is 6.79. The minimum atomic E-state index is -0.621. The second kappa shape index (κ2) is 12.5. The summed E-state index contributed by atoms with van der Waals surface area (Å²) in [4.78, 5) is 4.60. The van der Waals surface area contributed by atoms with Crippen LogP contribution < -0.4 is 9.30 Å². The Labute approximate surface area is 345 Å². The largest absolute Gasteiger partial charge is 0.458 e. The second-order valence-electron chi connectivity index (χ2n) is 20.8. The molecular weight excluding hydrogens is 707 g/mol. The zero-order chi connectivity index (χ0) is 41.3. The van der Waals surface area contributed by atoms with E-state index in [2.05, 4.69) is 183 Å². The number of para-hydroxylation sites is 1. The molecule has 0 saturated carbocycles. The summed E-state index contributed by atoms with van der Waals surface area (Å²) in [6.45, 7) is 28.5. The molecule has 4 nitrogen and oxygen atoms in total. The third kappa shape index (κ3) is 5.69. The number of hydrogen-bond donors (Lipinski definition) is 0. The van der Waals surface area contributed by atoms with Gasteiger partial charge in [-0.2, -0.15) is 0 Å². The van der Waals surface area contributed by atoms with Crippen LogP contribution in [-0.2, 0) is 34.1 Å². The van der Waals surface area contributed by atoms with E-state index in [0.717, 1.165) is 34.0 Å². The molecule has 0 unspecified atom stereocenters. The van der Waals surface area contributed by atoms with Gasteiger partial charge in [-0.05, 0) is 114 Å². The summed E-state index contributed by atoms with van der Waals surface area (Å²) < 4.78 is 11.2. The number of ether oxygens (including phenoxy) is 1. The smallest absolute Gasteiger partial charge is 0.244 e. The van der Waals surface area contributed by atoms with E-state index in [0.29, 0.717) is 0 Å². The van der Waals surface area contributed by atoms with Gasteiger partial charge in [0.15, 0.2) is 0 Å². The molecule has 0 amide bonds. The number of imidazole rings is 1. The van der Waals surface area contributed by atoms with Gasteiger partial charge in [0.2, 0.25) is 6.33 Å². The van der Waals surface area contributed by atoms with Crippen molar-refractivity contribution in [1.82, 2.24) is 9.55 Å². The molecular formula is C54H57N3O. The highest BCUT2D eigenvalue weighted by molar-refractivity contribution is 5.97. The minimum absolute atomic E-state index is 0.0402.